The zero-order chi connectivity index (χ0) is 7.73. The second kappa shape index (κ2) is 2.61. The van der Waals surface area contributed by atoms with Crippen molar-refractivity contribution in [2.75, 3.05) is 6.61 Å². The predicted octanol–water partition coefficient (Wildman–Crippen LogP) is 2.47. The van der Waals surface area contributed by atoms with Crippen LogP contribution in [-0.4, -0.2) is 12.2 Å². The van der Waals surface area contributed by atoms with Crippen molar-refractivity contribution >= 4 is 11.3 Å². The van der Waals surface area contributed by atoms with Crippen molar-refractivity contribution in [3.63, 3.8) is 0 Å². The van der Waals surface area contributed by atoms with E-state index in [9.17, 15) is 0 Å². The van der Waals surface area contributed by atoms with Crippen LogP contribution in [0.1, 0.15) is 18.2 Å². The molecular weight excluding hydrogens is 156 g/mol. The molecule has 1 aliphatic rings. The minimum Gasteiger partial charge on any atom is -0.375 e. The summed E-state index contributed by atoms with van der Waals surface area (Å²) in [5.74, 6) is 0. The molecule has 0 spiro atoms. The SMILES string of the molecule is CC1(Cc2cccs2)CCO1. The van der Waals surface area contributed by atoms with Crippen LogP contribution < -0.4 is 0 Å². The van der Waals surface area contributed by atoms with Crippen molar-refractivity contribution in [2.45, 2.75) is 25.4 Å². The minimum absolute atomic E-state index is 0.158. The molecule has 0 aliphatic carbocycles. The molecule has 11 heavy (non-hydrogen) atoms. The van der Waals surface area contributed by atoms with Crippen LogP contribution in [0.2, 0.25) is 0 Å². The largest absolute Gasteiger partial charge is 0.375 e. The molecule has 2 heteroatoms. The van der Waals surface area contributed by atoms with Crippen molar-refractivity contribution < 1.29 is 4.74 Å². The maximum Gasteiger partial charge on any atom is 0.0724 e. The first kappa shape index (κ1) is 7.32. The number of hydrogen-bond acceptors (Lipinski definition) is 2. The van der Waals surface area contributed by atoms with Gasteiger partial charge in [-0.3, -0.25) is 0 Å². The third-order valence-corrected chi connectivity index (χ3v) is 3.09. The highest BCUT2D eigenvalue weighted by Crippen LogP contribution is 2.30. The Bertz CT molecular complexity index is 224. The molecule has 1 atom stereocenters. The van der Waals surface area contributed by atoms with Crippen molar-refractivity contribution in [3.8, 4) is 0 Å². The Balaban J connectivity index is 2.00. The third-order valence-electron chi connectivity index (χ3n) is 2.21. The molecule has 1 fully saturated rings. The zero-order valence-electron chi connectivity index (χ0n) is 6.67. The quantitative estimate of drug-likeness (QED) is 0.659. The molecule has 2 heterocycles. The number of ether oxygens (including phenoxy) is 1. The molecule has 1 unspecified atom stereocenters. The van der Waals surface area contributed by atoms with Crippen LogP contribution in [-0.2, 0) is 11.2 Å². The van der Waals surface area contributed by atoms with Gasteiger partial charge in [-0.25, -0.2) is 0 Å². The smallest absolute Gasteiger partial charge is 0.0724 e. The van der Waals surface area contributed by atoms with Crippen molar-refractivity contribution in [1.82, 2.24) is 0 Å². The van der Waals surface area contributed by atoms with E-state index in [2.05, 4.69) is 24.4 Å². The molecule has 1 nitrogen and oxygen atoms in total. The summed E-state index contributed by atoms with van der Waals surface area (Å²) in [7, 11) is 0. The predicted molar refractivity (Wildman–Crippen MR) is 47.0 cm³/mol. The molecule has 1 aliphatic heterocycles. The fourth-order valence-corrected chi connectivity index (χ4v) is 2.25. The molecule has 0 aromatic carbocycles. The molecule has 0 bridgehead atoms. The van der Waals surface area contributed by atoms with Crippen LogP contribution in [0.15, 0.2) is 17.5 Å². The van der Waals surface area contributed by atoms with Gasteiger partial charge in [-0.05, 0) is 24.8 Å². The topological polar surface area (TPSA) is 9.23 Å². The fourth-order valence-electron chi connectivity index (χ4n) is 1.37. The summed E-state index contributed by atoms with van der Waals surface area (Å²) in [6, 6.07) is 4.28. The van der Waals surface area contributed by atoms with Gasteiger partial charge in [0.1, 0.15) is 0 Å². The second-order valence-corrected chi connectivity index (χ2v) is 4.34. The summed E-state index contributed by atoms with van der Waals surface area (Å²) in [6.45, 7) is 3.14. The highest BCUT2D eigenvalue weighted by atomic mass is 32.1. The van der Waals surface area contributed by atoms with Gasteiger partial charge in [0.05, 0.1) is 12.2 Å². The number of rotatable bonds is 2. The van der Waals surface area contributed by atoms with Gasteiger partial charge >= 0.3 is 0 Å². The average Bonchev–Trinajstić information content (AvgIpc) is 2.36. The van der Waals surface area contributed by atoms with Gasteiger partial charge in [-0.2, -0.15) is 0 Å². The first-order valence-electron chi connectivity index (χ1n) is 3.95. The standard InChI is InChI=1S/C9H12OS/c1-9(4-5-10-9)7-8-3-2-6-11-8/h2-3,6H,4-5,7H2,1H3. The molecule has 0 N–H and O–H groups in total. The number of thiophene rings is 1. The molecular formula is C9H12OS. The summed E-state index contributed by atoms with van der Waals surface area (Å²) in [6.07, 6.45) is 2.30. The van der Waals surface area contributed by atoms with Gasteiger partial charge < -0.3 is 4.74 Å². The fraction of sp³-hybridized carbons (Fsp3) is 0.556. The molecule has 1 aromatic rings. The van der Waals surface area contributed by atoms with Crippen LogP contribution in [0.25, 0.3) is 0 Å². The maximum atomic E-state index is 5.50. The van der Waals surface area contributed by atoms with E-state index >= 15 is 0 Å². The lowest BCUT2D eigenvalue weighted by Crippen LogP contribution is -2.42. The Labute approximate surface area is 71.0 Å². The number of hydrogen-bond donors (Lipinski definition) is 0. The van der Waals surface area contributed by atoms with Crippen LogP contribution in [0.5, 0.6) is 0 Å². The molecule has 60 valence electrons. The highest BCUT2D eigenvalue weighted by Gasteiger charge is 2.33. The normalized spacial score (nSPS) is 29.9. The molecule has 0 radical (unpaired) electrons. The molecule has 0 saturated carbocycles. The Kier molecular flexibility index (Phi) is 1.74. The van der Waals surface area contributed by atoms with Crippen LogP contribution in [0, 0.1) is 0 Å². The Morgan fingerprint density at radius 3 is 3.00 bits per heavy atom. The summed E-state index contributed by atoms with van der Waals surface area (Å²) in [5, 5.41) is 2.12. The Morgan fingerprint density at radius 2 is 2.55 bits per heavy atom. The van der Waals surface area contributed by atoms with Crippen LogP contribution in [0.4, 0.5) is 0 Å². The van der Waals surface area contributed by atoms with E-state index in [4.69, 9.17) is 4.74 Å². The van der Waals surface area contributed by atoms with Crippen molar-refractivity contribution in [2.24, 2.45) is 0 Å². The minimum atomic E-state index is 0.158. The van der Waals surface area contributed by atoms with Gasteiger partial charge in [0, 0.05) is 11.3 Å². The Morgan fingerprint density at radius 1 is 1.73 bits per heavy atom. The van der Waals surface area contributed by atoms with Gasteiger partial charge in [-0.1, -0.05) is 6.07 Å². The highest BCUT2D eigenvalue weighted by molar-refractivity contribution is 7.09. The monoisotopic (exact) mass is 168 g/mol. The summed E-state index contributed by atoms with van der Waals surface area (Å²) < 4.78 is 5.50. The zero-order valence-corrected chi connectivity index (χ0v) is 7.49. The van der Waals surface area contributed by atoms with E-state index in [1.54, 1.807) is 0 Å². The van der Waals surface area contributed by atoms with Crippen molar-refractivity contribution in [1.29, 1.82) is 0 Å². The Hall–Kier alpha value is -0.340. The third kappa shape index (κ3) is 1.47. The lowest BCUT2D eigenvalue weighted by atomic mass is 9.93. The van der Waals surface area contributed by atoms with E-state index in [1.807, 2.05) is 11.3 Å². The summed E-state index contributed by atoms with van der Waals surface area (Å²) in [5.41, 5.74) is 0.158. The summed E-state index contributed by atoms with van der Waals surface area (Å²) in [4.78, 5) is 1.44. The van der Waals surface area contributed by atoms with E-state index in [1.165, 1.54) is 11.3 Å². The van der Waals surface area contributed by atoms with E-state index in [0.29, 0.717) is 0 Å². The van der Waals surface area contributed by atoms with Crippen LogP contribution in [0.3, 0.4) is 0 Å². The lowest BCUT2D eigenvalue weighted by Gasteiger charge is -2.38. The molecule has 2 rings (SSSR count). The molecule has 1 aromatic heterocycles. The van der Waals surface area contributed by atoms with Gasteiger partial charge in [-0.15, -0.1) is 11.3 Å². The molecule has 1 saturated heterocycles. The first-order valence-corrected chi connectivity index (χ1v) is 4.83. The summed E-state index contributed by atoms with van der Waals surface area (Å²) >= 11 is 1.82. The van der Waals surface area contributed by atoms with Gasteiger partial charge in [0.15, 0.2) is 0 Å². The van der Waals surface area contributed by atoms with Crippen LogP contribution >= 0.6 is 11.3 Å². The van der Waals surface area contributed by atoms with Gasteiger partial charge in [0.25, 0.3) is 0 Å². The first-order chi connectivity index (χ1) is 5.29. The van der Waals surface area contributed by atoms with E-state index in [-0.39, 0.29) is 5.60 Å². The van der Waals surface area contributed by atoms with E-state index in [0.717, 1.165) is 13.0 Å². The van der Waals surface area contributed by atoms with Gasteiger partial charge in [0.2, 0.25) is 0 Å². The maximum absolute atomic E-state index is 5.50. The second-order valence-electron chi connectivity index (χ2n) is 3.30. The average molecular weight is 168 g/mol. The molecule has 0 amide bonds. The van der Waals surface area contributed by atoms with E-state index < -0.39 is 0 Å². The lowest BCUT2D eigenvalue weighted by molar-refractivity contribution is -0.132. The van der Waals surface area contributed by atoms with Crippen molar-refractivity contribution in [3.05, 3.63) is 22.4 Å².